The largest absolute Gasteiger partial charge is 0.493 e. The van der Waals surface area contributed by atoms with Crippen LogP contribution in [0.5, 0.6) is 5.75 Å². The van der Waals surface area contributed by atoms with Crippen LogP contribution < -0.4 is 4.74 Å². The first-order valence-corrected chi connectivity index (χ1v) is 7.17. The fraction of sp³-hybridized carbons (Fsp3) is 0.200. The van der Waals surface area contributed by atoms with Gasteiger partial charge in [0.1, 0.15) is 11.6 Å². The Hall–Kier alpha value is -1.06. The van der Waals surface area contributed by atoms with Gasteiger partial charge in [-0.3, -0.25) is 0 Å². The highest BCUT2D eigenvalue weighted by Gasteiger charge is 2.25. The van der Waals surface area contributed by atoms with Crippen molar-refractivity contribution in [2.75, 3.05) is 6.61 Å². The van der Waals surface area contributed by atoms with Gasteiger partial charge in [-0.1, -0.05) is 39.7 Å². The van der Waals surface area contributed by atoms with E-state index in [1.165, 1.54) is 6.07 Å². The van der Waals surface area contributed by atoms with Crippen molar-refractivity contribution in [1.82, 2.24) is 0 Å². The third kappa shape index (κ3) is 2.49. The van der Waals surface area contributed by atoms with Crippen LogP contribution in [0.1, 0.15) is 17.0 Å². The quantitative estimate of drug-likeness (QED) is 0.712. The van der Waals surface area contributed by atoms with E-state index >= 15 is 0 Å². The van der Waals surface area contributed by atoms with Crippen LogP contribution in [0, 0.1) is 5.82 Å². The van der Waals surface area contributed by atoms with Crippen molar-refractivity contribution >= 4 is 27.5 Å². The zero-order valence-corrected chi connectivity index (χ0v) is 12.3. The summed E-state index contributed by atoms with van der Waals surface area (Å²) in [7, 11) is 0. The van der Waals surface area contributed by atoms with Crippen LogP contribution in [0.2, 0.25) is 5.02 Å². The van der Waals surface area contributed by atoms with Crippen molar-refractivity contribution in [2.45, 2.75) is 12.3 Å². The molecule has 1 nitrogen and oxygen atoms in total. The third-order valence-corrected chi connectivity index (χ3v) is 4.35. The van der Waals surface area contributed by atoms with Gasteiger partial charge in [-0.05, 0) is 36.2 Å². The summed E-state index contributed by atoms with van der Waals surface area (Å²) in [5, 5.41) is 0.416. The van der Waals surface area contributed by atoms with Gasteiger partial charge >= 0.3 is 0 Å². The lowest BCUT2D eigenvalue weighted by atomic mass is 9.90. The SMILES string of the molecule is Fc1cc(Cl)ccc1C1COc2cccc(Br)c2C1. The number of hydrogen-bond donors (Lipinski definition) is 0. The molecule has 2 aromatic carbocycles. The molecule has 0 N–H and O–H groups in total. The van der Waals surface area contributed by atoms with Crippen molar-refractivity contribution in [3.8, 4) is 5.75 Å². The van der Waals surface area contributed by atoms with E-state index in [0.29, 0.717) is 17.2 Å². The smallest absolute Gasteiger partial charge is 0.128 e. The van der Waals surface area contributed by atoms with Gasteiger partial charge in [0.05, 0.1) is 6.61 Å². The van der Waals surface area contributed by atoms with Crippen molar-refractivity contribution in [3.05, 3.63) is 62.8 Å². The lowest BCUT2D eigenvalue weighted by molar-refractivity contribution is 0.259. The first-order chi connectivity index (χ1) is 9.15. The molecule has 0 radical (unpaired) electrons. The van der Waals surface area contributed by atoms with Crippen molar-refractivity contribution < 1.29 is 9.13 Å². The molecule has 1 atom stereocenters. The van der Waals surface area contributed by atoms with Gasteiger partial charge in [0.2, 0.25) is 0 Å². The lowest BCUT2D eigenvalue weighted by Gasteiger charge is -2.26. The molecule has 1 aliphatic heterocycles. The molecule has 0 saturated heterocycles. The van der Waals surface area contributed by atoms with Crippen LogP contribution in [-0.4, -0.2) is 6.61 Å². The Morgan fingerprint density at radius 3 is 2.89 bits per heavy atom. The van der Waals surface area contributed by atoms with Crippen molar-refractivity contribution in [1.29, 1.82) is 0 Å². The molecule has 19 heavy (non-hydrogen) atoms. The van der Waals surface area contributed by atoms with Gasteiger partial charge in [0.15, 0.2) is 0 Å². The zero-order valence-electron chi connectivity index (χ0n) is 10.00. The summed E-state index contributed by atoms with van der Waals surface area (Å²) in [4.78, 5) is 0. The first-order valence-electron chi connectivity index (χ1n) is 6.00. The summed E-state index contributed by atoms with van der Waals surface area (Å²) in [6, 6.07) is 10.7. The van der Waals surface area contributed by atoms with E-state index in [1.807, 2.05) is 18.2 Å². The molecular weight excluding hydrogens is 331 g/mol. The Morgan fingerprint density at radius 1 is 1.26 bits per heavy atom. The maximum absolute atomic E-state index is 14.0. The van der Waals surface area contributed by atoms with E-state index in [0.717, 1.165) is 22.2 Å². The topological polar surface area (TPSA) is 9.23 Å². The maximum Gasteiger partial charge on any atom is 0.128 e. The highest BCUT2D eigenvalue weighted by atomic mass is 79.9. The molecule has 0 aliphatic carbocycles. The van der Waals surface area contributed by atoms with E-state index in [9.17, 15) is 4.39 Å². The Kier molecular flexibility index (Phi) is 3.50. The summed E-state index contributed by atoms with van der Waals surface area (Å²) < 4.78 is 20.7. The normalized spacial score (nSPS) is 17.7. The molecule has 0 spiro atoms. The molecule has 4 heteroatoms. The van der Waals surface area contributed by atoms with E-state index in [4.69, 9.17) is 16.3 Å². The van der Waals surface area contributed by atoms with Crippen LogP contribution in [0.15, 0.2) is 40.9 Å². The van der Waals surface area contributed by atoms with E-state index in [1.54, 1.807) is 12.1 Å². The third-order valence-electron chi connectivity index (χ3n) is 3.37. The summed E-state index contributed by atoms with van der Waals surface area (Å²) in [5.74, 6) is 0.625. The van der Waals surface area contributed by atoms with E-state index in [-0.39, 0.29) is 11.7 Å². The molecule has 1 aliphatic rings. The first kappa shape index (κ1) is 12.9. The van der Waals surface area contributed by atoms with Gasteiger partial charge in [0.25, 0.3) is 0 Å². The van der Waals surface area contributed by atoms with Crippen LogP contribution in [-0.2, 0) is 6.42 Å². The second kappa shape index (κ2) is 5.14. The molecule has 0 fully saturated rings. The lowest BCUT2D eigenvalue weighted by Crippen LogP contribution is -2.20. The number of halogens is 3. The standard InChI is InChI=1S/C15H11BrClFO/c16-13-2-1-3-15-12(13)6-9(8-19-15)11-5-4-10(17)7-14(11)18/h1-5,7,9H,6,8H2. The fourth-order valence-electron chi connectivity index (χ4n) is 2.40. The molecule has 98 valence electrons. The number of benzene rings is 2. The van der Waals surface area contributed by atoms with Crippen LogP contribution >= 0.6 is 27.5 Å². The van der Waals surface area contributed by atoms with Crippen molar-refractivity contribution in [3.63, 3.8) is 0 Å². The second-order valence-corrected chi connectivity index (χ2v) is 5.89. The number of hydrogen-bond acceptors (Lipinski definition) is 1. The van der Waals surface area contributed by atoms with Gasteiger partial charge in [0, 0.05) is 21.0 Å². The molecule has 1 heterocycles. The Morgan fingerprint density at radius 2 is 2.11 bits per heavy atom. The van der Waals surface area contributed by atoms with Crippen LogP contribution in [0.4, 0.5) is 4.39 Å². The Bertz CT molecular complexity index is 630. The van der Waals surface area contributed by atoms with E-state index in [2.05, 4.69) is 15.9 Å². The fourth-order valence-corrected chi connectivity index (χ4v) is 3.07. The summed E-state index contributed by atoms with van der Waals surface area (Å²) >= 11 is 9.30. The predicted octanol–water partition coefficient (Wildman–Crippen LogP) is 4.96. The molecule has 0 amide bonds. The number of ether oxygens (including phenoxy) is 1. The van der Waals surface area contributed by atoms with Gasteiger partial charge < -0.3 is 4.74 Å². The van der Waals surface area contributed by atoms with Crippen LogP contribution in [0.25, 0.3) is 0 Å². The maximum atomic E-state index is 14.0. The van der Waals surface area contributed by atoms with Gasteiger partial charge in [-0.25, -0.2) is 4.39 Å². The monoisotopic (exact) mass is 340 g/mol. The average molecular weight is 342 g/mol. The number of fused-ring (bicyclic) bond motifs is 1. The van der Waals surface area contributed by atoms with Gasteiger partial charge in [-0.2, -0.15) is 0 Å². The average Bonchev–Trinajstić information content (AvgIpc) is 2.39. The molecule has 0 bridgehead atoms. The minimum absolute atomic E-state index is 0.0171. The molecule has 1 unspecified atom stereocenters. The van der Waals surface area contributed by atoms with Gasteiger partial charge in [-0.15, -0.1) is 0 Å². The Labute approximate surface area is 124 Å². The minimum atomic E-state index is -0.267. The molecule has 3 rings (SSSR count). The van der Waals surface area contributed by atoms with Crippen LogP contribution in [0.3, 0.4) is 0 Å². The summed E-state index contributed by atoms with van der Waals surface area (Å²) in [5.41, 5.74) is 1.75. The molecule has 2 aromatic rings. The second-order valence-electron chi connectivity index (χ2n) is 4.59. The zero-order chi connectivity index (χ0) is 13.4. The van der Waals surface area contributed by atoms with E-state index < -0.39 is 0 Å². The highest BCUT2D eigenvalue weighted by Crippen LogP contribution is 2.37. The predicted molar refractivity (Wildman–Crippen MR) is 77.5 cm³/mol. The molecule has 0 saturated carbocycles. The molecular formula is C15H11BrClFO. The number of rotatable bonds is 1. The summed E-state index contributed by atoms with van der Waals surface area (Å²) in [6.07, 6.45) is 0.759. The molecule has 0 aromatic heterocycles. The highest BCUT2D eigenvalue weighted by molar-refractivity contribution is 9.10. The summed E-state index contributed by atoms with van der Waals surface area (Å²) in [6.45, 7) is 0.488. The minimum Gasteiger partial charge on any atom is -0.493 e. The van der Waals surface area contributed by atoms with Crippen molar-refractivity contribution in [2.24, 2.45) is 0 Å². The Balaban J connectivity index is 1.95.